The van der Waals surface area contributed by atoms with Crippen molar-refractivity contribution in [3.8, 4) is 0 Å². The van der Waals surface area contributed by atoms with Crippen molar-refractivity contribution in [2.75, 3.05) is 33.5 Å². The summed E-state index contributed by atoms with van der Waals surface area (Å²) in [5, 5.41) is 0.864. The lowest BCUT2D eigenvalue weighted by atomic mass is 10.6. The normalized spacial score (nSPS) is 17.1. The summed E-state index contributed by atoms with van der Waals surface area (Å²) in [6, 6.07) is 0. The van der Waals surface area contributed by atoms with E-state index in [0.717, 1.165) is 9.88 Å². The highest BCUT2D eigenvalue weighted by Gasteiger charge is 2.21. The van der Waals surface area contributed by atoms with Gasteiger partial charge < -0.3 is 18.9 Å². The molecule has 0 N–H and O–H groups in total. The number of thiazole rings is 1. The fourth-order valence-corrected chi connectivity index (χ4v) is 2.17. The zero-order valence-electron chi connectivity index (χ0n) is 9.18. The van der Waals surface area contributed by atoms with Crippen molar-refractivity contribution in [3.05, 3.63) is 16.1 Å². The Morgan fingerprint density at radius 3 is 3.00 bits per heavy atom. The predicted octanol–water partition coefficient (Wildman–Crippen LogP) is 1.35. The van der Waals surface area contributed by atoms with Crippen molar-refractivity contribution in [1.82, 2.24) is 4.98 Å². The van der Waals surface area contributed by atoms with Crippen LogP contribution in [0.1, 0.15) is 16.2 Å². The number of hydrogen-bond acceptors (Lipinski definition) is 6. The van der Waals surface area contributed by atoms with Crippen molar-refractivity contribution < 1.29 is 18.9 Å². The van der Waals surface area contributed by atoms with Crippen molar-refractivity contribution in [1.29, 1.82) is 0 Å². The highest BCUT2D eigenvalue weighted by atomic mass is 32.1. The number of rotatable bonds is 6. The van der Waals surface area contributed by atoms with Crippen LogP contribution in [0.4, 0.5) is 0 Å². The molecule has 90 valence electrons. The topological polar surface area (TPSA) is 49.8 Å². The number of nitrogens with zero attached hydrogens (tertiary/aromatic N) is 1. The molecule has 1 fully saturated rings. The Hall–Kier alpha value is -0.530. The molecule has 1 saturated heterocycles. The van der Waals surface area contributed by atoms with E-state index < -0.39 is 0 Å². The van der Waals surface area contributed by atoms with Gasteiger partial charge in [-0.2, -0.15) is 0 Å². The van der Waals surface area contributed by atoms with Crippen LogP contribution >= 0.6 is 11.3 Å². The highest BCUT2D eigenvalue weighted by molar-refractivity contribution is 7.11. The standard InChI is InChI=1S/C10H15NO4S/c1-12-2-3-13-7-8-6-11-9(16-8)10-14-4-5-15-10/h6,10H,2-5,7H2,1H3. The first-order chi connectivity index (χ1) is 7.90. The predicted molar refractivity (Wildman–Crippen MR) is 58.3 cm³/mol. The Morgan fingerprint density at radius 2 is 2.25 bits per heavy atom. The Morgan fingerprint density at radius 1 is 1.44 bits per heavy atom. The van der Waals surface area contributed by atoms with Gasteiger partial charge in [0.25, 0.3) is 0 Å². The van der Waals surface area contributed by atoms with Crippen molar-refractivity contribution in [2.24, 2.45) is 0 Å². The molecule has 2 rings (SSSR count). The monoisotopic (exact) mass is 245 g/mol. The van der Waals surface area contributed by atoms with Crippen LogP contribution < -0.4 is 0 Å². The molecular formula is C10H15NO4S. The van der Waals surface area contributed by atoms with Gasteiger partial charge in [-0.1, -0.05) is 0 Å². The van der Waals surface area contributed by atoms with E-state index in [1.54, 1.807) is 24.6 Å². The third kappa shape index (κ3) is 3.23. The van der Waals surface area contributed by atoms with E-state index in [9.17, 15) is 0 Å². The molecule has 16 heavy (non-hydrogen) atoms. The molecule has 0 aromatic carbocycles. The van der Waals surface area contributed by atoms with E-state index in [-0.39, 0.29) is 6.29 Å². The van der Waals surface area contributed by atoms with Gasteiger partial charge in [0.2, 0.25) is 6.29 Å². The minimum absolute atomic E-state index is 0.280. The van der Waals surface area contributed by atoms with Crippen LogP contribution in [0.25, 0.3) is 0 Å². The zero-order chi connectivity index (χ0) is 11.2. The molecule has 0 unspecified atom stereocenters. The Labute approximate surface area is 98.3 Å². The van der Waals surface area contributed by atoms with Gasteiger partial charge >= 0.3 is 0 Å². The van der Waals surface area contributed by atoms with E-state index >= 15 is 0 Å². The molecule has 1 aliphatic heterocycles. The zero-order valence-corrected chi connectivity index (χ0v) is 10.00. The molecule has 1 aromatic rings. The largest absolute Gasteiger partial charge is 0.382 e. The Balaban J connectivity index is 1.77. The molecular weight excluding hydrogens is 230 g/mol. The molecule has 0 radical (unpaired) electrons. The molecule has 1 aromatic heterocycles. The molecule has 2 heterocycles. The second-order valence-electron chi connectivity index (χ2n) is 3.28. The number of aromatic nitrogens is 1. The van der Waals surface area contributed by atoms with Crippen LogP contribution in [0, 0.1) is 0 Å². The van der Waals surface area contributed by atoms with Crippen LogP contribution in [0.5, 0.6) is 0 Å². The second kappa shape index (κ2) is 6.27. The van der Waals surface area contributed by atoms with Gasteiger partial charge in [-0.25, -0.2) is 4.98 Å². The lowest BCUT2D eigenvalue weighted by Crippen LogP contribution is -2.00. The van der Waals surface area contributed by atoms with Gasteiger partial charge in [-0.05, 0) is 0 Å². The average Bonchev–Trinajstić information content (AvgIpc) is 2.94. The number of ether oxygens (including phenoxy) is 4. The molecule has 5 nitrogen and oxygen atoms in total. The third-order valence-electron chi connectivity index (χ3n) is 2.07. The fraction of sp³-hybridized carbons (Fsp3) is 0.700. The van der Waals surface area contributed by atoms with Crippen molar-refractivity contribution in [3.63, 3.8) is 0 Å². The van der Waals surface area contributed by atoms with E-state index in [4.69, 9.17) is 18.9 Å². The maximum atomic E-state index is 5.40. The van der Waals surface area contributed by atoms with Crippen LogP contribution in [0.15, 0.2) is 6.20 Å². The van der Waals surface area contributed by atoms with E-state index in [1.807, 2.05) is 0 Å². The van der Waals surface area contributed by atoms with Crippen molar-refractivity contribution >= 4 is 11.3 Å². The summed E-state index contributed by atoms with van der Waals surface area (Å²) in [7, 11) is 1.66. The van der Waals surface area contributed by atoms with E-state index in [2.05, 4.69) is 4.98 Å². The molecule has 1 aliphatic rings. The van der Waals surface area contributed by atoms with Gasteiger partial charge in [0.1, 0.15) is 5.01 Å². The van der Waals surface area contributed by atoms with Gasteiger partial charge in [0, 0.05) is 13.3 Å². The van der Waals surface area contributed by atoms with Crippen molar-refractivity contribution in [2.45, 2.75) is 12.9 Å². The SMILES string of the molecule is COCCOCc1cnc(C2OCCO2)s1. The minimum Gasteiger partial charge on any atom is -0.382 e. The van der Waals surface area contributed by atoms with Gasteiger partial charge in [0.15, 0.2) is 0 Å². The quantitative estimate of drug-likeness (QED) is 0.708. The van der Waals surface area contributed by atoms with Gasteiger partial charge in [-0.3, -0.25) is 0 Å². The Kier molecular flexibility index (Phi) is 4.68. The third-order valence-corrected chi connectivity index (χ3v) is 3.06. The van der Waals surface area contributed by atoms with Crippen LogP contribution in [0.2, 0.25) is 0 Å². The molecule has 0 amide bonds. The molecule has 0 saturated carbocycles. The van der Waals surface area contributed by atoms with Gasteiger partial charge in [0.05, 0.1) is 37.9 Å². The summed E-state index contributed by atoms with van der Waals surface area (Å²) in [5.74, 6) is 0. The van der Waals surface area contributed by atoms with Gasteiger partial charge in [-0.15, -0.1) is 11.3 Å². The van der Waals surface area contributed by atoms with E-state index in [1.165, 1.54) is 0 Å². The first-order valence-corrected chi connectivity index (χ1v) is 5.96. The summed E-state index contributed by atoms with van der Waals surface area (Å²) in [4.78, 5) is 5.33. The maximum Gasteiger partial charge on any atom is 0.211 e. The smallest absolute Gasteiger partial charge is 0.211 e. The Bertz CT molecular complexity index is 312. The van der Waals surface area contributed by atoms with Crippen LogP contribution in [-0.4, -0.2) is 38.5 Å². The summed E-state index contributed by atoms with van der Waals surface area (Å²) in [6.07, 6.45) is 1.52. The molecule has 0 atom stereocenters. The summed E-state index contributed by atoms with van der Waals surface area (Å²) in [6.45, 7) is 3.06. The highest BCUT2D eigenvalue weighted by Crippen LogP contribution is 2.27. The first kappa shape index (κ1) is 11.9. The summed E-state index contributed by atoms with van der Waals surface area (Å²) in [5.41, 5.74) is 0. The second-order valence-corrected chi connectivity index (χ2v) is 4.43. The minimum atomic E-state index is -0.280. The fourth-order valence-electron chi connectivity index (χ4n) is 1.31. The molecule has 0 aliphatic carbocycles. The number of methoxy groups -OCH3 is 1. The summed E-state index contributed by atoms with van der Waals surface area (Å²) < 4.78 is 21.0. The molecule has 6 heteroatoms. The lowest BCUT2D eigenvalue weighted by molar-refractivity contribution is -0.0442. The van der Waals surface area contributed by atoms with E-state index in [0.29, 0.717) is 33.0 Å². The number of hydrogen-bond donors (Lipinski definition) is 0. The lowest BCUT2D eigenvalue weighted by Gasteiger charge is -2.03. The maximum absolute atomic E-state index is 5.40. The molecule has 0 bridgehead atoms. The van der Waals surface area contributed by atoms with Crippen LogP contribution in [0.3, 0.4) is 0 Å². The van der Waals surface area contributed by atoms with Crippen LogP contribution in [-0.2, 0) is 25.6 Å². The molecule has 0 spiro atoms. The first-order valence-electron chi connectivity index (χ1n) is 5.14. The summed E-state index contributed by atoms with van der Waals surface area (Å²) >= 11 is 1.56. The average molecular weight is 245 g/mol.